The summed E-state index contributed by atoms with van der Waals surface area (Å²) in [5.74, 6) is 0.844. The maximum absolute atomic E-state index is 9.11. The van der Waals surface area contributed by atoms with Crippen molar-refractivity contribution in [1.82, 2.24) is 9.72 Å². The van der Waals surface area contributed by atoms with E-state index in [0.29, 0.717) is 6.54 Å². The van der Waals surface area contributed by atoms with Gasteiger partial charge in [0, 0.05) is 17.8 Å². The molecule has 0 radical (unpaired) electrons. The SMILES string of the molecule is Cc1cc(Cn2ccc3cc(CO)ccc32)on1. The van der Waals surface area contributed by atoms with Crippen molar-refractivity contribution >= 4 is 10.9 Å². The Hall–Kier alpha value is -2.07. The van der Waals surface area contributed by atoms with Gasteiger partial charge in [-0.25, -0.2) is 0 Å². The molecule has 1 N–H and O–H groups in total. The second kappa shape index (κ2) is 4.31. The summed E-state index contributed by atoms with van der Waals surface area (Å²) in [6.07, 6.45) is 2.02. The summed E-state index contributed by atoms with van der Waals surface area (Å²) in [4.78, 5) is 0. The Morgan fingerprint density at radius 2 is 2.17 bits per heavy atom. The fourth-order valence-corrected chi connectivity index (χ4v) is 2.14. The van der Waals surface area contributed by atoms with E-state index >= 15 is 0 Å². The number of aromatic nitrogens is 2. The highest BCUT2D eigenvalue weighted by Crippen LogP contribution is 2.19. The highest BCUT2D eigenvalue weighted by Gasteiger charge is 2.05. The first-order valence-corrected chi connectivity index (χ1v) is 5.87. The maximum atomic E-state index is 9.11. The molecule has 0 saturated heterocycles. The van der Waals surface area contributed by atoms with E-state index < -0.39 is 0 Å². The number of hydrogen-bond acceptors (Lipinski definition) is 3. The highest BCUT2D eigenvalue weighted by molar-refractivity contribution is 5.80. The Bertz CT molecular complexity index is 682. The van der Waals surface area contributed by atoms with Gasteiger partial charge in [0.05, 0.1) is 18.8 Å². The van der Waals surface area contributed by atoms with E-state index in [9.17, 15) is 0 Å². The van der Waals surface area contributed by atoms with Crippen molar-refractivity contribution < 1.29 is 9.63 Å². The van der Waals surface area contributed by atoms with Crippen LogP contribution in [0.5, 0.6) is 0 Å². The number of rotatable bonds is 3. The van der Waals surface area contributed by atoms with Gasteiger partial charge in [-0.15, -0.1) is 0 Å². The average Bonchev–Trinajstić information content (AvgIpc) is 2.96. The van der Waals surface area contributed by atoms with Gasteiger partial charge in [0.1, 0.15) is 0 Å². The van der Waals surface area contributed by atoms with E-state index in [0.717, 1.165) is 27.9 Å². The molecule has 0 amide bonds. The number of aliphatic hydroxyl groups excluding tert-OH is 1. The molecule has 0 fully saturated rings. The molecule has 0 spiro atoms. The molecule has 0 aliphatic heterocycles. The largest absolute Gasteiger partial charge is 0.392 e. The minimum Gasteiger partial charge on any atom is -0.392 e. The van der Waals surface area contributed by atoms with Crippen molar-refractivity contribution in [3.63, 3.8) is 0 Å². The van der Waals surface area contributed by atoms with Gasteiger partial charge in [0.2, 0.25) is 0 Å². The molecule has 0 aliphatic carbocycles. The Morgan fingerprint density at radius 1 is 1.28 bits per heavy atom. The van der Waals surface area contributed by atoms with E-state index in [1.54, 1.807) is 0 Å². The van der Waals surface area contributed by atoms with Crippen molar-refractivity contribution in [3.05, 3.63) is 53.5 Å². The fourth-order valence-electron chi connectivity index (χ4n) is 2.14. The number of benzene rings is 1. The van der Waals surface area contributed by atoms with E-state index in [4.69, 9.17) is 9.63 Å². The summed E-state index contributed by atoms with van der Waals surface area (Å²) in [6.45, 7) is 2.65. The average molecular weight is 242 g/mol. The summed E-state index contributed by atoms with van der Waals surface area (Å²) in [7, 11) is 0. The summed E-state index contributed by atoms with van der Waals surface area (Å²) >= 11 is 0. The lowest BCUT2D eigenvalue weighted by molar-refractivity contribution is 0.282. The first-order chi connectivity index (χ1) is 8.76. The molecule has 2 heterocycles. The van der Waals surface area contributed by atoms with Gasteiger partial charge in [-0.05, 0) is 36.1 Å². The molecule has 0 aliphatic rings. The van der Waals surface area contributed by atoms with Gasteiger partial charge in [0.25, 0.3) is 0 Å². The minimum atomic E-state index is 0.0718. The molecule has 2 aromatic heterocycles. The van der Waals surface area contributed by atoms with Gasteiger partial charge >= 0.3 is 0 Å². The molecule has 4 heteroatoms. The molecule has 3 aromatic rings. The number of aliphatic hydroxyl groups is 1. The molecule has 18 heavy (non-hydrogen) atoms. The van der Waals surface area contributed by atoms with Crippen LogP contribution in [-0.2, 0) is 13.2 Å². The standard InChI is InChI=1S/C14H14N2O2/c1-10-6-13(18-15-10)8-16-5-4-12-7-11(9-17)2-3-14(12)16/h2-7,17H,8-9H2,1H3. The number of nitrogens with zero attached hydrogens (tertiary/aromatic N) is 2. The first-order valence-electron chi connectivity index (χ1n) is 5.87. The third-order valence-electron chi connectivity index (χ3n) is 3.02. The van der Waals surface area contributed by atoms with E-state index in [2.05, 4.69) is 9.72 Å². The van der Waals surface area contributed by atoms with Crippen LogP contribution in [0.3, 0.4) is 0 Å². The number of hydrogen-bond donors (Lipinski definition) is 1. The molecule has 0 saturated carbocycles. The van der Waals surface area contributed by atoms with E-state index in [1.165, 1.54) is 0 Å². The lowest BCUT2D eigenvalue weighted by Crippen LogP contribution is -1.96. The van der Waals surface area contributed by atoms with E-state index in [-0.39, 0.29) is 6.61 Å². The Labute approximate surface area is 104 Å². The monoisotopic (exact) mass is 242 g/mol. The van der Waals surface area contributed by atoms with Crippen LogP contribution in [0.4, 0.5) is 0 Å². The van der Waals surface area contributed by atoms with Crippen molar-refractivity contribution in [1.29, 1.82) is 0 Å². The topological polar surface area (TPSA) is 51.2 Å². The summed E-state index contributed by atoms with van der Waals surface area (Å²) < 4.78 is 7.33. The summed E-state index contributed by atoms with van der Waals surface area (Å²) in [5.41, 5.74) is 2.95. The van der Waals surface area contributed by atoms with E-state index in [1.807, 2.05) is 43.5 Å². The van der Waals surface area contributed by atoms with Crippen LogP contribution in [0.15, 0.2) is 41.1 Å². The van der Waals surface area contributed by atoms with Crippen LogP contribution in [0.25, 0.3) is 10.9 Å². The quantitative estimate of drug-likeness (QED) is 0.767. The second-order valence-electron chi connectivity index (χ2n) is 4.43. The van der Waals surface area contributed by atoms with Gasteiger partial charge < -0.3 is 14.2 Å². The van der Waals surface area contributed by atoms with Crippen LogP contribution in [0.1, 0.15) is 17.0 Å². The Morgan fingerprint density at radius 3 is 2.89 bits per heavy atom. The molecule has 92 valence electrons. The van der Waals surface area contributed by atoms with Crippen LogP contribution < -0.4 is 0 Å². The molecule has 0 bridgehead atoms. The molecule has 4 nitrogen and oxygen atoms in total. The zero-order valence-electron chi connectivity index (χ0n) is 10.1. The lowest BCUT2D eigenvalue weighted by Gasteiger charge is -2.03. The third kappa shape index (κ3) is 1.91. The van der Waals surface area contributed by atoms with Crippen molar-refractivity contribution in [3.8, 4) is 0 Å². The van der Waals surface area contributed by atoms with Gasteiger partial charge in [-0.3, -0.25) is 0 Å². The maximum Gasteiger partial charge on any atom is 0.156 e. The van der Waals surface area contributed by atoms with Gasteiger partial charge in [-0.1, -0.05) is 11.2 Å². The molecule has 3 rings (SSSR count). The Kier molecular flexibility index (Phi) is 2.64. The predicted octanol–water partition coefficient (Wildman–Crippen LogP) is 2.48. The third-order valence-corrected chi connectivity index (χ3v) is 3.02. The van der Waals surface area contributed by atoms with Crippen LogP contribution >= 0.6 is 0 Å². The molecular weight excluding hydrogens is 228 g/mol. The fraction of sp³-hybridized carbons (Fsp3) is 0.214. The van der Waals surface area contributed by atoms with Crippen LogP contribution in [-0.4, -0.2) is 14.8 Å². The molecular formula is C14H14N2O2. The van der Waals surface area contributed by atoms with Crippen molar-refractivity contribution in [2.75, 3.05) is 0 Å². The second-order valence-corrected chi connectivity index (χ2v) is 4.43. The normalized spacial score (nSPS) is 11.2. The summed E-state index contributed by atoms with van der Waals surface area (Å²) in [5, 5.41) is 14.1. The number of fused-ring (bicyclic) bond motifs is 1. The van der Waals surface area contributed by atoms with Crippen molar-refractivity contribution in [2.45, 2.75) is 20.1 Å². The zero-order chi connectivity index (χ0) is 12.5. The lowest BCUT2D eigenvalue weighted by atomic mass is 10.2. The summed E-state index contributed by atoms with van der Waals surface area (Å²) in [6, 6.07) is 9.93. The Balaban J connectivity index is 1.97. The zero-order valence-corrected chi connectivity index (χ0v) is 10.1. The van der Waals surface area contributed by atoms with Gasteiger partial charge in [0.15, 0.2) is 5.76 Å². The molecule has 0 unspecified atom stereocenters. The number of aryl methyl sites for hydroxylation is 1. The predicted molar refractivity (Wildman–Crippen MR) is 68.2 cm³/mol. The van der Waals surface area contributed by atoms with Crippen LogP contribution in [0, 0.1) is 6.92 Å². The molecule has 0 atom stereocenters. The first kappa shape index (κ1) is 11.0. The minimum absolute atomic E-state index is 0.0718. The van der Waals surface area contributed by atoms with Gasteiger partial charge in [-0.2, -0.15) is 0 Å². The van der Waals surface area contributed by atoms with Crippen LogP contribution in [0.2, 0.25) is 0 Å². The van der Waals surface area contributed by atoms with Crippen molar-refractivity contribution in [2.24, 2.45) is 0 Å². The smallest absolute Gasteiger partial charge is 0.156 e. The highest BCUT2D eigenvalue weighted by atomic mass is 16.5. The molecule has 1 aromatic carbocycles.